The van der Waals surface area contributed by atoms with Crippen molar-refractivity contribution in [2.45, 2.75) is 39.8 Å². The van der Waals surface area contributed by atoms with Crippen LogP contribution in [0, 0.1) is 0 Å². The second kappa shape index (κ2) is 8.21. The maximum absolute atomic E-state index is 12.5. The van der Waals surface area contributed by atoms with E-state index in [9.17, 15) is 9.59 Å². The highest BCUT2D eigenvalue weighted by Crippen LogP contribution is 2.18. The Bertz CT molecular complexity index is 993. The fraction of sp³-hybridized carbons (Fsp3) is 0.333. The van der Waals surface area contributed by atoms with Crippen LogP contribution in [0.4, 0.5) is 0 Å². The summed E-state index contributed by atoms with van der Waals surface area (Å²) in [6.07, 6.45) is 2.19. The number of esters is 1. The Kier molecular flexibility index (Phi) is 5.73. The Morgan fingerprint density at radius 2 is 1.79 bits per heavy atom. The van der Waals surface area contributed by atoms with Crippen molar-refractivity contribution in [1.82, 2.24) is 14.8 Å². The quantitative estimate of drug-likeness (QED) is 0.457. The molecule has 7 nitrogen and oxygen atoms in total. The van der Waals surface area contributed by atoms with Gasteiger partial charge in [0.1, 0.15) is 5.75 Å². The van der Waals surface area contributed by atoms with Crippen molar-refractivity contribution >= 4 is 22.8 Å². The van der Waals surface area contributed by atoms with Crippen LogP contribution >= 0.6 is 0 Å². The fourth-order valence-electron chi connectivity index (χ4n) is 2.83. The normalized spacial score (nSPS) is 12.2. The predicted molar refractivity (Wildman–Crippen MR) is 105 cm³/mol. The third-order valence-corrected chi connectivity index (χ3v) is 4.26. The van der Waals surface area contributed by atoms with Crippen LogP contribution in [0.25, 0.3) is 11.0 Å². The van der Waals surface area contributed by atoms with E-state index in [2.05, 4.69) is 10.1 Å². The van der Waals surface area contributed by atoms with Gasteiger partial charge in [0.15, 0.2) is 11.8 Å². The van der Waals surface area contributed by atoms with Gasteiger partial charge < -0.3 is 9.47 Å². The zero-order valence-corrected chi connectivity index (χ0v) is 16.4. The number of benzene rings is 1. The molecule has 0 unspecified atom stereocenters. The number of carbonyl (C=O) groups is 2. The molecule has 3 aromatic rings. The topological polar surface area (TPSA) is 83.3 Å². The SMILES string of the molecule is CCOc1ccc(C(=O)[C@H](C)OC(=O)c2cnc3c(cnn3C(C)C)c2)cc1. The van der Waals surface area contributed by atoms with Gasteiger partial charge in [-0.05, 0) is 58.0 Å². The Balaban J connectivity index is 1.71. The van der Waals surface area contributed by atoms with Gasteiger partial charge in [-0.15, -0.1) is 0 Å². The Hall–Kier alpha value is -3.22. The smallest absolute Gasteiger partial charge is 0.340 e. The lowest BCUT2D eigenvalue weighted by molar-refractivity contribution is 0.0318. The average molecular weight is 381 g/mol. The molecule has 2 heterocycles. The summed E-state index contributed by atoms with van der Waals surface area (Å²) in [4.78, 5) is 29.3. The monoisotopic (exact) mass is 381 g/mol. The fourth-order valence-corrected chi connectivity index (χ4v) is 2.83. The molecule has 28 heavy (non-hydrogen) atoms. The highest BCUT2D eigenvalue weighted by atomic mass is 16.5. The Morgan fingerprint density at radius 3 is 2.43 bits per heavy atom. The predicted octanol–water partition coefficient (Wildman–Crippen LogP) is 3.84. The van der Waals surface area contributed by atoms with Gasteiger partial charge in [-0.2, -0.15) is 5.10 Å². The van der Waals surface area contributed by atoms with Gasteiger partial charge in [0.05, 0.1) is 18.4 Å². The van der Waals surface area contributed by atoms with Crippen LogP contribution in [-0.4, -0.2) is 39.2 Å². The number of aromatic nitrogens is 3. The summed E-state index contributed by atoms with van der Waals surface area (Å²) in [5, 5.41) is 5.03. The molecule has 0 saturated heterocycles. The maximum atomic E-state index is 12.5. The molecule has 1 aromatic carbocycles. The van der Waals surface area contributed by atoms with Gasteiger partial charge in [-0.25, -0.2) is 14.5 Å². The van der Waals surface area contributed by atoms with Crippen LogP contribution in [0.2, 0.25) is 0 Å². The number of hydrogen-bond acceptors (Lipinski definition) is 6. The summed E-state index contributed by atoms with van der Waals surface area (Å²) in [7, 11) is 0. The molecule has 0 aliphatic rings. The molecule has 2 aromatic heterocycles. The van der Waals surface area contributed by atoms with E-state index < -0.39 is 12.1 Å². The molecular formula is C21H23N3O4. The average Bonchev–Trinajstić information content (AvgIpc) is 3.11. The molecule has 0 bridgehead atoms. The van der Waals surface area contributed by atoms with E-state index in [1.54, 1.807) is 48.1 Å². The van der Waals surface area contributed by atoms with Crippen LogP contribution in [0.15, 0.2) is 42.7 Å². The summed E-state index contributed by atoms with van der Waals surface area (Å²) >= 11 is 0. The van der Waals surface area contributed by atoms with Gasteiger partial charge in [-0.3, -0.25) is 4.79 Å². The number of hydrogen-bond donors (Lipinski definition) is 0. The lowest BCUT2D eigenvalue weighted by atomic mass is 10.1. The second-order valence-electron chi connectivity index (χ2n) is 6.69. The van der Waals surface area contributed by atoms with Crippen molar-refractivity contribution in [3.05, 3.63) is 53.9 Å². The highest BCUT2D eigenvalue weighted by molar-refractivity contribution is 6.01. The third kappa shape index (κ3) is 4.03. The number of nitrogens with zero attached hydrogens (tertiary/aromatic N) is 3. The number of pyridine rings is 1. The molecule has 0 aliphatic heterocycles. The van der Waals surface area contributed by atoms with E-state index in [4.69, 9.17) is 9.47 Å². The minimum atomic E-state index is -0.917. The molecule has 0 spiro atoms. The van der Waals surface area contributed by atoms with E-state index >= 15 is 0 Å². The number of carbonyl (C=O) groups excluding carboxylic acids is 2. The largest absolute Gasteiger partial charge is 0.494 e. The summed E-state index contributed by atoms with van der Waals surface area (Å²) in [5.74, 6) is -0.193. The first-order valence-electron chi connectivity index (χ1n) is 9.22. The number of Topliss-reactive ketones (excluding diaryl/α,β-unsaturated/α-hetero) is 1. The van der Waals surface area contributed by atoms with Crippen LogP contribution in [0.5, 0.6) is 5.75 Å². The highest BCUT2D eigenvalue weighted by Gasteiger charge is 2.21. The van der Waals surface area contributed by atoms with E-state index in [-0.39, 0.29) is 17.4 Å². The van der Waals surface area contributed by atoms with Crippen LogP contribution in [0.1, 0.15) is 54.5 Å². The first-order chi connectivity index (χ1) is 13.4. The molecule has 0 fully saturated rings. The maximum Gasteiger partial charge on any atom is 0.340 e. The Labute approximate surface area is 163 Å². The van der Waals surface area contributed by atoms with Crippen molar-refractivity contribution < 1.29 is 19.1 Å². The van der Waals surface area contributed by atoms with Gasteiger partial charge >= 0.3 is 5.97 Å². The van der Waals surface area contributed by atoms with E-state index in [1.165, 1.54) is 6.20 Å². The molecule has 7 heteroatoms. The molecular weight excluding hydrogens is 358 g/mol. The van der Waals surface area contributed by atoms with Crippen LogP contribution < -0.4 is 4.74 Å². The lowest BCUT2D eigenvalue weighted by Gasteiger charge is -2.13. The first-order valence-corrected chi connectivity index (χ1v) is 9.22. The van der Waals surface area contributed by atoms with Gasteiger partial charge in [0.2, 0.25) is 5.78 Å². The van der Waals surface area contributed by atoms with Gasteiger partial charge in [0, 0.05) is 23.2 Å². The van der Waals surface area contributed by atoms with Crippen molar-refractivity contribution in [3.8, 4) is 5.75 Å². The number of ether oxygens (including phenoxy) is 2. The van der Waals surface area contributed by atoms with Gasteiger partial charge in [0.25, 0.3) is 0 Å². The van der Waals surface area contributed by atoms with Crippen molar-refractivity contribution in [3.63, 3.8) is 0 Å². The molecule has 0 amide bonds. The van der Waals surface area contributed by atoms with Crippen LogP contribution in [-0.2, 0) is 4.74 Å². The van der Waals surface area contributed by atoms with Crippen molar-refractivity contribution in [2.24, 2.45) is 0 Å². The minimum absolute atomic E-state index is 0.162. The molecule has 1 atom stereocenters. The minimum Gasteiger partial charge on any atom is -0.494 e. The third-order valence-electron chi connectivity index (χ3n) is 4.26. The van der Waals surface area contributed by atoms with E-state index in [0.717, 1.165) is 5.39 Å². The van der Waals surface area contributed by atoms with Gasteiger partial charge in [-0.1, -0.05) is 0 Å². The lowest BCUT2D eigenvalue weighted by Crippen LogP contribution is -2.24. The summed E-state index contributed by atoms with van der Waals surface area (Å²) in [6.45, 7) is 8.00. The van der Waals surface area contributed by atoms with Crippen molar-refractivity contribution in [1.29, 1.82) is 0 Å². The molecule has 146 valence electrons. The van der Waals surface area contributed by atoms with Crippen LogP contribution in [0.3, 0.4) is 0 Å². The summed E-state index contributed by atoms with van der Waals surface area (Å²) < 4.78 is 12.5. The molecule has 0 radical (unpaired) electrons. The Morgan fingerprint density at radius 1 is 1.07 bits per heavy atom. The van der Waals surface area contributed by atoms with E-state index in [1.807, 2.05) is 20.8 Å². The second-order valence-corrected chi connectivity index (χ2v) is 6.69. The number of ketones is 1. The summed E-state index contributed by atoms with van der Waals surface area (Å²) in [6, 6.07) is 8.59. The number of rotatable bonds is 7. The first kappa shape index (κ1) is 19.5. The standard InChI is InChI=1S/C21H23N3O4/c1-5-27-18-8-6-15(7-9-18)19(25)14(4)28-21(26)17-10-16-12-23-24(13(2)3)20(16)22-11-17/h6-14H,5H2,1-4H3/t14-/m0/s1. The summed E-state index contributed by atoms with van der Waals surface area (Å²) in [5.41, 5.74) is 1.43. The molecule has 0 N–H and O–H groups in total. The van der Waals surface area contributed by atoms with E-state index in [0.29, 0.717) is 23.6 Å². The molecule has 0 saturated carbocycles. The van der Waals surface area contributed by atoms with Crippen molar-refractivity contribution in [2.75, 3.05) is 6.61 Å². The zero-order chi connectivity index (χ0) is 20.3. The molecule has 3 rings (SSSR count). The molecule has 0 aliphatic carbocycles. The zero-order valence-electron chi connectivity index (χ0n) is 16.4. The number of fused-ring (bicyclic) bond motifs is 1.